The highest BCUT2D eigenvalue weighted by Gasteiger charge is 2.32. The number of hydrogen-bond acceptors (Lipinski definition) is 3. The molecule has 1 atom stereocenters. The molecule has 0 aliphatic carbocycles. The second-order valence-electron chi connectivity index (χ2n) is 5.81. The topological polar surface area (TPSA) is 67.4 Å². The van der Waals surface area contributed by atoms with E-state index in [0.29, 0.717) is 26.9 Å². The Hall–Kier alpha value is -2.50. The monoisotopic (exact) mass is 390 g/mol. The summed E-state index contributed by atoms with van der Waals surface area (Å²) < 4.78 is 5.43. The van der Waals surface area contributed by atoms with Gasteiger partial charge in [0.25, 0.3) is 0 Å². The summed E-state index contributed by atoms with van der Waals surface area (Å²) in [5.41, 5.74) is 2.26. The van der Waals surface area contributed by atoms with Gasteiger partial charge < -0.3 is 15.4 Å². The summed E-state index contributed by atoms with van der Waals surface area (Å²) in [7, 11) is 0. The van der Waals surface area contributed by atoms with E-state index in [-0.39, 0.29) is 6.61 Å². The summed E-state index contributed by atoms with van der Waals surface area (Å²) in [4.78, 5) is 24.6. The largest absolute Gasteiger partial charge is 0.457 e. The first kappa shape index (κ1) is 18.3. The molecule has 0 saturated carbocycles. The van der Waals surface area contributed by atoms with Gasteiger partial charge in [0.2, 0.25) is 0 Å². The third-order valence-electron chi connectivity index (χ3n) is 3.98. The summed E-state index contributed by atoms with van der Waals surface area (Å²) in [6.07, 6.45) is 0. The molecule has 0 aromatic heterocycles. The van der Waals surface area contributed by atoms with Crippen molar-refractivity contribution in [1.29, 1.82) is 0 Å². The molecule has 2 amide bonds. The van der Waals surface area contributed by atoms with Gasteiger partial charge in [0, 0.05) is 5.70 Å². The number of nitrogens with one attached hydrogen (secondary N) is 2. The zero-order valence-corrected chi connectivity index (χ0v) is 15.4. The molecule has 1 heterocycles. The van der Waals surface area contributed by atoms with E-state index >= 15 is 0 Å². The van der Waals surface area contributed by atoms with Crippen LogP contribution in [0.25, 0.3) is 0 Å². The van der Waals surface area contributed by atoms with Gasteiger partial charge in [-0.25, -0.2) is 9.59 Å². The van der Waals surface area contributed by atoms with Crippen LogP contribution < -0.4 is 10.6 Å². The van der Waals surface area contributed by atoms with Crippen LogP contribution in [0.3, 0.4) is 0 Å². The van der Waals surface area contributed by atoms with Crippen molar-refractivity contribution in [1.82, 2.24) is 10.6 Å². The highest BCUT2D eigenvalue weighted by Crippen LogP contribution is 2.32. The van der Waals surface area contributed by atoms with E-state index in [9.17, 15) is 9.59 Å². The van der Waals surface area contributed by atoms with Crippen molar-refractivity contribution < 1.29 is 14.3 Å². The minimum atomic E-state index is -0.679. The number of urea groups is 1. The molecule has 134 valence electrons. The van der Waals surface area contributed by atoms with Crippen LogP contribution in [0.1, 0.15) is 24.1 Å². The first-order valence-electron chi connectivity index (χ1n) is 7.90. The molecule has 2 aromatic rings. The Bertz CT molecular complexity index is 882. The van der Waals surface area contributed by atoms with Crippen molar-refractivity contribution in [3.8, 4) is 0 Å². The van der Waals surface area contributed by atoms with Gasteiger partial charge in [0.05, 0.1) is 21.7 Å². The molecule has 0 bridgehead atoms. The van der Waals surface area contributed by atoms with Crippen molar-refractivity contribution in [3.63, 3.8) is 0 Å². The molecular weight excluding hydrogens is 375 g/mol. The van der Waals surface area contributed by atoms with Gasteiger partial charge >= 0.3 is 12.0 Å². The zero-order chi connectivity index (χ0) is 18.7. The lowest BCUT2D eigenvalue weighted by atomic mass is 9.95. The highest BCUT2D eigenvalue weighted by molar-refractivity contribution is 6.42. The van der Waals surface area contributed by atoms with Crippen LogP contribution >= 0.6 is 23.2 Å². The van der Waals surface area contributed by atoms with E-state index in [1.54, 1.807) is 25.1 Å². The van der Waals surface area contributed by atoms with Crippen LogP contribution in [0.4, 0.5) is 4.79 Å². The number of esters is 1. The molecule has 5 nitrogen and oxygen atoms in total. The molecule has 1 aliphatic rings. The van der Waals surface area contributed by atoms with E-state index in [1.165, 1.54) is 0 Å². The van der Waals surface area contributed by atoms with Gasteiger partial charge in [-0.05, 0) is 30.2 Å². The molecule has 0 saturated heterocycles. The minimum Gasteiger partial charge on any atom is -0.457 e. The predicted molar refractivity (Wildman–Crippen MR) is 99.8 cm³/mol. The average Bonchev–Trinajstić information content (AvgIpc) is 2.62. The number of halogens is 2. The minimum absolute atomic E-state index is 0.137. The second kappa shape index (κ2) is 7.81. The standard InChI is InChI=1S/C19H16Cl2N2O3/c1-11-16(18(24)26-10-12-5-3-2-4-6-12)17(23-19(25)22-11)13-7-8-14(20)15(21)9-13/h2-9,17H,10H2,1H3,(H2,22,23,25). The van der Waals surface area contributed by atoms with E-state index in [1.807, 2.05) is 30.3 Å². The van der Waals surface area contributed by atoms with Crippen molar-refractivity contribution in [2.24, 2.45) is 0 Å². The molecule has 3 rings (SSSR count). The van der Waals surface area contributed by atoms with Crippen LogP contribution in [-0.4, -0.2) is 12.0 Å². The lowest BCUT2D eigenvalue weighted by Crippen LogP contribution is -2.45. The van der Waals surface area contributed by atoms with Crippen molar-refractivity contribution in [2.75, 3.05) is 0 Å². The van der Waals surface area contributed by atoms with E-state index in [0.717, 1.165) is 5.56 Å². The maximum atomic E-state index is 12.7. The Morgan fingerprint density at radius 2 is 1.85 bits per heavy atom. The van der Waals surface area contributed by atoms with Gasteiger partial charge in [-0.15, -0.1) is 0 Å². The fraction of sp³-hybridized carbons (Fsp3) is 0.158. The number of hydrogen-bond donors (Lipinski definition) is 2. The van der Waals surface area contributed by atoms with E-state index in [4.69, 9.17) is 27.9 Å². The summed E-state index contributed by atoms with van der Waals surface area (Å²) in [5.74, 6) is -0.519. The Balaban J connectivity index is 1.87. The Morgan fingerprint density at radius 1 is 1.12 bits per heavy atom. The summed E-state index contributed by atoms with van der Waals surface area (Å²) in [5, 5.41) is 6.06. The molecule has 2 aromatic carbocycles. The number of carbonyl (C=O) groups excluding carboxylic acids is 2. The quantitative estimate of drug-likeness (QED) is 0.761. The number of allylic oxidation sites excluding steroid dienone is 1. The SMILES string of the molecule is CC1=C(C(=O)OCc2ccccc2)C(c2ccc(Cl)c(Cl)c2)NC(=O)N1. The fourth-order valence-corrected chi connectivity index (χ4v) is 3.01. The highest BCUT2D eigenvalue weighted by atomic mass is 35.5. The lowest BCUT2D eigenvalue weighted by molar-refractivity contribution is -0.140. The van der Waals surface area contributed by atoms with Crippen LogP contribution in [0, 0.1) is 0 Å². The van der Waals surface area contributed by atoms with Crippen LogP contribution in [0.2, 0.25) is 10.0 Å². The molecular formula is C19H16Cl2N2O3. The normalized spacial score (nSPS) is 16.7. The number of amides is 2. The van der Waals surface area contributed by atoms with E-state index in [2.05, 4.69) is 10.6 Å². The maximum absolute atomic E-state index is 12.7. The van der Waals surface area contributed by atoms with Crippen molar-refractivity contribution in [3.05, 3.63) is 81.0 Å². The van der Waals surface area contributed by atoms with Crippen LogP contribution in [0.5, 0.6) is 0 Å². The van der Waals surface area contributed by atoms with Gasteiger partial charge in [-0.1, -0.05) is 59.6 Å². The van der Waals surface area contributed by atoms with E-state index < -0.39 is 18.0 Å². The molecule has 7 heteroatoms. The third kappa shape index (κ3) is 4.00. The van der Waals surface area contributed by atoms with Gasteiger partial charge in [0.15, 0.2) is 0 Å². The Labute approximate surface area is 160 Å². The van der Waals surface area contributed by atoms with Crippen LogP contribution in [0.15, 0.2) is 59.8 Å². The summed E-state index contributed by atoms with van der Waals surface area (Å²) >= 11 is 12.0. The maximum Gasteiger partial charge on any atom is 0.338 e. The first-order chi connectivity index (χ1) is 12.5. The lowest BCUT2D eigenvalue weighted by Gasteiger charge is -2.28. The molecule has 1 unspecified atom stereocenters. The van der Waals surface area contributed by atoms with Gasteiger partial charge in [0.1, 0.15) is 6.61 Å². The molecule has 26 heavy (non-hydrogen) atoms. The first-order valence-corrected chi connectivity index (χ1v) is 8.65. The Kier molecular flexibility index (Phi) is 5.49. The predicted octanol–water partition coefficient (Wildman–Crippen LogP) is 4.36. The van der Waals surface area contributed by atoms with Crippen molar-refractivity contribution >= 4 is 35.2 Å². The third-order valence-corrected chi connectivity index (χ3v) is 4.72. The van der Waals surface area contributed by atoms with Crippen molar-refractivity contribution in [2.45, 2.75) is 19.6 Å². The smallest absolute Gasteiger partial charge is 0.338 e. The number of rotatable bonds is 4. The summed E-state index contributed by atoms with van der Waals surface area (Å²) in [6.45, 7) is 1.79. The molecule has 0 fully saturated rings. The Morgan fingerprint density at radius 3 is 2.54 bits per heavy atom. The zero-order valence-electron chi connectivity index (χ0n) is 13.9. The number of carbonyl (C=O) groups is 2. The fourth-order valence-electron chi connectivity index (χ4n) is 2.71. The molecule has 0 spiro atoms. The van der Waals surface area contributed by atoms with Gasteiger partial charge in [-0.3, -0.25) is 0 Å². The molecule has 1 aliphatic heterocycles. The number of benzene rings is 2. The number of ether oxygens (including phenoxy) is 1. The molecule has 2 N–H and O–H groups in total. The van der Waals surface area contributed by atoms with Gasteiger partial charge in [-0.2, -0.15) is 0 Å². The summed E-state index contributed by atoms with van der Waals surface area (Å²) in [6, 6.07) is 13.2. The van der Waals surface area contributed by atoms with Crippen LogP contribution in [-0.2, 0) is 16.1 Å². The average molecular weight is 391 g/mol. The second-order valence-corrected chi connectivity index (χ2v) is 6.62. The molecule has 0 radical (unpaired) electrons.